The predicted octanol–water partition coefficient (Wildman–Crippen LogP) is 3.03. The second kappa shape index (κ2) is 7.94. The number of nitrogens with one attached hydrogen (secondary N) is 1. The SMILES string of the molecule is CCCNC1CCC(C)(C)CC1CN1CCCCC1CO. The summed E-state index contributed by atoms with van der Waals surface area (Å²) in [5, 5.41) is 13.4. The van der Waals surface area contributed by atoms with Crippen molar-refractivity contribution in [2.75, 3.05) is 26.2 Å². The lowest BCUT2D eigenvalue weighted by Gasteiger charge is -2.45. The lowest BCUT2D eigenvalue weighted by Crippen LogP contribution is -2.51. The van der Waals surface area contributed by atoms with Gasteiger partial charge in [-0.1, -0.05) is 27.2 Å². The van der Waals surface area contributed by atoms with Gasteiger partial charge in [-0.25, -0.2) is 0 Å². The van der Waals surface area contributed by atoms with Crippen LogP contribution in [-0.2, 0) is 0 Å². The summed E-state index contributed by atoms with van der Waals surface area (Å²) in [6.07, 6.45) is 8.97. The summed E-state index contributed by atoms with van der Waals surface area (Å²) in [5.41, 5.74) is 0.486. The van der Waals surface area contributed by atoms with E-state index in [4.69, 9.17) is 0 Å². The number of piperidine rings is 1. The predicted molar refractivity (Wildman–Crippen MR) is 89.5 cm³/mol. The zero-order valence-corrected chi connectivity index (χ0v) is 14.4. The minimum absolute atomic E-state index is 0.336. The largest absolute Gasteiger partial charge is 0.395 e. The molecule has 1 aliphatic heterocycles. The number of likely N-dealkylation sites (tertiary alicyclic amines) is 1. The molecule has 2 fully saturated rings. The summed E-state index contributed by atoms with van der Waals surface area (Å²) in [6, 6.07) is 1.09. The molecular weight excluding hydrogens is 260 g/mol. The first-order valence-corrected chi connectivity index (χ1v) is 9.14. The van der Waals surface area contributed by atoms with E-state index >= 15 is 0 Å². The molecule has 3 atom stereocenters. The minimum atomic E-state index is 0.336. The molecule has 0 amide bonds. The zero-order chi connectivity index (χ0) is 15.3. The fraction of sp³-hybridized carbons (Fsp3) is 1.00. The topological polar surface area (TPSA) is 35.5 Å². The van der Waals surface area contributed by atoms with Gasteiger partial charge in [-0.3, -0.25) is 4.90 Å². The van der Waals surface area contributed by atoms with Crippen LogP contribution in [0.2, 0.25) is 0 Å². The van der Waals surface area contributed by atoms with Crippen molar-refractivity contribution in [1.29, 1.82) is 0 Å². The standard InChI is InChI=1S/C18H36N2O/c1-4-10-19-17-8-9-18(2,3)12-15(17)13-20-11-6-5-7-16(20)14-21/h15-17,19,21H,4-14H2,1-3H3. The van der Waals surface area contributed by atoms with Crippen molar-refractivity contribution in [2.45, 2.75) is 77.8 Å². The summed E-state index contributed by atoms with van der Waals surface area (Å²) in [5.74, 6) is 0.743. The molecule has 3 unspecified atom stereocenters. The molecule has 0 aromatic carbocycles. The maximum absolute atomic E-state index is 9.64. The molecule has 1 heterocycles. The quantitative estimate of drug-likeness (QED) is 0.791. The van der Waals surface area contributed by atoms with Gasteiger partial charge < -0.3 is 10.4 Å². The highest BCUT2D eigenvalue weighted by atomic mass is 16.3. The van der Waals surface area contributed by atoms with Crippen LogP contribution >= 0.6 is 0 Å². The van der Waals surface area contributed by atoms with Gasteiger partial charge in [0.1, 0.15) is 0 Å². The molecule has 21 heavy (non-hydrogen) atoms. The molecule has 1 saturated heterocycles. The third kappa shape index (κ3) is 4.94. The Kier molecular flexibility index (Phi) is 6.51. The Morgan fingerprint density at radius 3 is 2.76 bits per heavy atom. The molecule has 0 aromatic heterocycles. The Morgan fingerprint density at radius 1 is 1.24 bits per heavy atom. The van der Waals surface area contributed by atoms with Crippen LogP contribution in [0, 0.1) is 11.3 Å². The minimum Gasteiger partial charge on any atom is -0.395 e. The molecule has 1 saturated carbocycles. The first-order valence-electron chi connectivity index (χ1n) is 9.14. The van der Waals surface area contributed by atoms with Crippen LogP contribution in [0.25, 0.3) is 0 Å². The van der Waals surface area contributed by atoms with Gasteiger partial charge in [0.25, 0.3) is 0 Å². The van der Waals surface area contributed by atoms with Crippen molar-refractivity contribution in [3.8, 4) is 0 Å². The fourth-order valence-corrected chi connectivity index (χ4v) is 4.33. The molecule has 0 bridgehead atoms. The molecule has 2 rings (SSSR count). The van der Waals surface area contributed by atoms with Crippen LogP contribution in [0.4, 0.5) is 0 Å². The third-order valence-corrected chi connectivity index (χ3v) is 5.60. The molecule has 0 radical (unpaired) electrons. The van der Waals surface area contributed by atoms with Crippen LogP contribution in [0.3, 0.4) is 0 Å². The average Bonchev–Trinajstić information content (AvgIpc) is 2.46. The number of nitrogens with zero attached hydrogens (tertiary/aromatic N) is 1. The maximum atomic E-state index is 9.64. The van der Waals surface area contributed by atoms with E-state index in [0.717, 1.165) is 12.5 Å². The van der Waals surface area contributed by atoms with Gasteiger partial charge in [0.2, 0.25) is 0 Å². The van der Waals surface area contributed by atoms with E-state index in [-0.39, 0.29) is 0 Å². The van der Waals surface area contributed by atoms with Gasteiger partial charge in [-0.2, -0.15) is 0 Å². The first kappa shape index (κ1) is 17.2. The summed E-state index contributed by atoms with van der Waals surface area (Å²) in [6.45, 7) is 10.9. The Hall–Kier alpha value is -0.120. The number of hydrogen-bond acceptors (Lipinski definition) is 3. The van der Waals surface area contributed by atoms with Gasteiger partial charge in [-0.05, 0) is 62.9 Å². The lowest BCUT2D eigenvalue weighted by molar-refractivity contribution is 0.0427. The highest BCUT2D eigenvalue weighted by Crippen LogP contribution is 2.39. The van der Waals surface area contributed by atoms with E-state index in [0.29, 0.717) is 24.1 Å². The van der Waals surface area contributed by atoms with Gasteiger partial charge in [0, 0.05) is 18.6 Å². The molecule has 0 aromatic rings. The highest BCUT2D eigenvalue weighted by molar-refractivity contribution is 4.91. The van der Waals surface area contributed by atoms with E-state index in [1.165, 1.54) is 58.0 Å². The van der Waals surface area contributed by atoms with Gasteiger partial charge in [0.05, 0.1) is 6.61 Å². The number of aliphatic hydroxyl groups is 1. The molecule has 3 nitrogen and oxygen atoms in total. The fourth-order valence-electron chi connectivity index (χ4n) is 4.33. The Balaban J connectivity index is 1.97. The van der Waals surface area contributed by atoms with E-state index in [1.54, 1.807) is 0 Å². The van der Waals surface area contributed by atoms with Crippen molar-refractivity contribution in [3.63, 3.8) is 0 Å². The van der Waals surface area contributed by atoms with Crippen LogP contribution in [0.15, 0.2) is 0 Å². The van der Waals surface area contributed by atoms with Crippen LogP contribution in [0.5, 0.6) is 0 Å². The molecule has 1 aliphatic carbocycles. The van der Waals surface area contributed by atoms with Crippen molar-refractivity contribution in [2.24, 2.45) is 11.3 Å². The zero-order valence-electron chi connectivity index (χ0n) is 14.4. The van der Waals surface area contributed by atoms with Crippen LogP contribution in [-0.4, -0.2) is 48.3 Å². The van der Waals surface area contributed by atoms with Crippen LogP contribution < -0.4 is 5.32 Å². The number of hydrogen-bond donors (Lipinski definition) is 2. The summed E-state index contributed by atoms with van der Waals surface area (Å²) in [7, 11) is 0. The molecular formula is C18H36N2O. The molecule has 124 valence electrons. The number of rotatable bonds is 6. The monoisotopic (exact) mass is 296 g/mol. The maximum Gasteiger partial charge on any atom is 0.0586 e. The van der Waals surface area contributed by atoms with E-state index < -0.39 is 0 Å². The molecule has 3 heteroatoms. The summed E-state index contributed by atoms with van der Waals surface area (Å²) >= 11 is 0. The molecule has 2 N–H and O–H groups in total. The van der Waals surface area contributed by atoms with Crippen molar-refractivity contribution in [1.82, 2.24) is 10.2 Å². The normalized spacial score (nSPS) is 34.0. The van der Waals surface area contributed by atoms with Gasteiger partial charge in [-0.15, -0.1) is 0 Å². The van der Waals surface area contributed by atoms with E-state index in [1.807, 2.05) is 0 Å². The molecule has 2 aliphatic rings. The second-order valence-corrected chi connectivity index (χ2v) is 8.05. The number of aliphatic hydroxyl groups excluding tert-OH is 1. The van der Waals surface area contributed by atoms with Gasteiger partial charge >= 0.3 is 0 Å². The Labute approximate surface area is 131 Å². The highest BCUT2D eigenvalue weighted by Gasteiger charge is 2.36. The third-order valence-electron chi connectivity index (χ3n) is 5.60. The van der Waals surface area contributed by atoms with Crippen molar-refractivity contribution < 1.29 is 5.11 Å². The average molecular weight is 296 g/mol. The Morgan fingerprint density at radius 2 is 2.05 bits per heavy atom. The smallest absolute Gasteiger partial charge is 0.0586 e. The molecule has 0 spiro atoms. The van der Waals surface area contributed by atoms with Crippen LogP contribution in [0.1, 0.15) is 65.7 Å². The van der Waals surface area contributed by atoms with Gasteiger partial charge in [0.15, 0.2) is 0 Å². The first-order chi connectivity index (χ1) is 10.1. The summed E-state index contributed by atoms with van der Waals surface area (Å²) in [4.78, 5) is 2.58. The Bertz CT molecular complexity index is 306. The van der Waals surface area contributed by atoms with Crippen molar-refractivity contribution >= 4 is 0 Å². The van der Waals surface area contributed by atoms with Crippen molar-refractivity contribution in [3.05, 3.63) is 0 Å². The second-order valence-electron chi connectivity index (χ2n) is 8.05. The van der Waals surface area contributed by atoms with E-state index in [9.17, 15) is 5.11 Å². The summed E-state index contributed by atoms with van der Waals surface area (Å²) < 4.78 is 0. The lowest BCUT2D eigenvalue weighted by atomic mass is 9.69. The van der Waals surface area contributed by atoms with E-state index in [2.05, 4.69) is 31.0 Å².